The molecular formula is C24H38. The number of hydrogen-bond donors (Lipinski definition) is 0. The van der Waals surface area contributed by atoms with Crippen molar-refractivity contribution in [2.24, 2.45) is 16.2 Å². The highest BCUT2D eigenvalue weighted by Gasteiger charge is 2.30. The van der Waals surface area contributed by atoms with Crippen LogP contribution in [-0.2, 0) is 0 Å². The van der Waals surface area contributed by atoms with Gasteiger partial charge >= 0.3 is 0 Å². The third-order valence-electron chi connectivity index (χ3n) is 6.10. The predicted molar refractivity (Wildman–Crippen MR) is 108 cm³/mol. The Labute approximate surface area is 150 Å². The van der Waals surface area contributed by atoms with Gasteiger partial charge in [0.05, 0.1) is 0 Å². The lowest BCUT2D eigenvalue weighted by molar-refractivity contribution is 0.327. The van der Waals surface area contributed by atoms with Gasteiger partial charge in [-0.2, -0.15) is 0 Å². The molecule has 0 saturated carbocycles. The second-order valence-electron chi connectivity index (χ2n) is 10.3. The third-order valence-corrected chi connectivity index (χ3v) is 6.10. The Hall–Kier alpha value is -1.04. The van der Waals surface area contributed by atoms with Crippen LogP contribution in [0.1, 0.15) is 87.5 Å². The SMILES string of the molecule is CCC(C)(C)C1=CC=C(C2=CC=C(C(C)(C)C)CC(C)(C)C2)CC1. The van der Waals surface area contributed by atoms with Crippen molar-refractivity contribution in [1.29, 1.82) is 0 Å². The molecule has 2 rings (SSSR count). The van der Waals surface area contributed by atoms with Gasteiger partial charge in [0.2, 0.25) is 0 Å². The van der Waals surface area contributed by atoms with Gasteiger partial charge in [-0.15, -0.1) is 0 Å². The maximum atomic E-state index is 2.43. The van der Waals surface area contributed by atoms with Crippen molar-refractivity contribution in [3.05, 3.63) is 46.6 Å². The summed E-state index contributed by atoms with van der Waals surface area (Å²) in [5.74, 6) is 0. The highest BCUT2D eigenvalue weighted by atomic mass is 14.3. The normalized spacial score (nSPS) is 22.2. The van der Waals surface area contributed by atoms with Crippen LogP contribution >= 0.6 is 0 Å². The Kier molecular flexibility index (Phi) is 5.38. The Morgan fingerprint density at radius 2 is 1.38 bits per heavy atom. The molecule has 0 radical (unpaired) electrons. The van der Waals surface area contributed by atoms with Crippen LogP contribution in [0.5, 0.6) is 0 Å². The van der Waals surface area contributed by atoms with Crippen molar-refractivity contribution in [1.82, 2.24) is 0 Å². The zero-order valence-corrected chi connectivity index (χ0v) is 17.3. The van der Waals surface area contributed by atoms with Gasteiger partial charge in [0.15, 0.2) is 0 Å². The Morgan fingerprint density at radius 1 is 0.792 bits per heavy atom. The largest absolute Gasteiger partial charge is 0.0646 e. The summed E-state index contributed by atoms with van der Waals surface area (Å²) in [4.78, 5) is 0. The minimum atomic E-state index is 0.266. The fourth-order valence-electron chi connectivity index (χ4n) is 3.84. The first kappa shape index (κ1) is 19.3. The van der Waals surface area contributed by atoms with Gasteiger partial charge < -0.3 is 0 Å². The molecule has 2 aliphatic rings. The average molecular weight is 327 g/mol. The van der Waals surface area contributed by atoms with Gasteiger partial charge in [0.25, 0.3) is 0 Å². The lowest BCUT2D eigenvalue weighted by Gasteiger charge is -2.32. The predicted octanol–water partition coefficient (Wildman–Crippen LogP) is 7.79. The quantitative estimate of drug-likeness (QED) is 0.496. The average Bonchev–Trinajstić information content (AvgIpc) is 2.65. The van der Waals surface area contributed by atoms with Gasteiger partial charge in [-0.3, -0.25) is 0 Å². The molecule has 0 atom stereocenters. The molecule has 0 aromatic heterocycles. The Morgan fingerprint density at radius 3 is 1.88 bits per heavy atom. The highest BCUT2D eigenvalue weighted by Crippen LogP contribution is 2.44. The summed E-state index contributed by atoms with van der Waals surface area (Å²) < 4.78 is 0. The molecule has 0 bridgehead atoms. The molecule has 0 heterocycles. The van der Waals surface area contributed by atoms with E-state index in [9.17, 15) is 0 Å². The van der Waals surface area contributed by atoms with E-state index in [4.69, 9.17) is 0 Å². The molecule has 0 unspecified atom stereocenters. The maximum absolute atomic E-state index is 2.43. The molecule has 0 fully saturated rings. The monoisotopic (exact) mass is 326 g/mol. The van der Waals surface area contributed by atoms with E-state index in [1.807, 2.05) is 0 Å². The minimum absolute atomic E-state index is 0.266. The first-order valence-corrected chi connectivity index (χ1v) is 9.75. The van der Waals surface area contributed by atoms with Crippen LogP contribution in [0.2, 0.25) is 0 Å². The second-order valence-corrected chi connectivity index (χ2v) is 10.3. The fourth-order valence-corrected chi connectivity index (χ4v) is 3.84. The molecule has 2 aliphatic carbocycles. The smallest absolute Gasteiger partial charge is 0.0144 e. The van der Waals surface area contributed by atoms with Crippen molar-refractivity contribution < 1.29 is 0 Å². The molecule has 0 aliphatic heterocycles. The van der Waals surface area contributed by atoms with Crippen LogP contribution in [0.25, 0.3) is 0 Å². The van der Waals surface area contributed by atoms with E-state index in [2.05, 4.69) is 79.7 Å². The Bertz CT molecular complexity index is 594. The van der Waals surface area contributed by atoms with Gasteiger partial charge in [-0.25, -0.2) is 0 Å². The van der Waals surface area contributed by atoms with Crippen molar-refractivity contribution in [3.63, 3.8) is 0 Å². The summed E-state index contributed by atoms with van der Waals surface area (Å²) in [6.45, 7) is 18.9. The van der Waals surface area contributed by atoms with E-state index in [-0.39, 0.29) is 5.41 Å². The molecule has 134 valence electrons. The number of allylic oxidation sites excluding steroid dienone is 8. The van der Waals surface area contributed by atoms with Crippen LogP contribution in [0.15, 0.2) is 46.6 Å². The summed E-state index contributed by atoms with van der Waals surface area (Å²) in [7, 11) is 0. The van der Waals surface area contributed by atoms with Gasteiger partial charge in [0, 0.05) is 0 Å². The van der Waals surface area contributed by atoms with E-state index in [1.54, 1.807) is 22.3 Å². The molecule has 0 aromatic rings. The number of rotatable bonds is 3. The number of hydrogen-bond acceptors (Lipinski definition) is 0. The van der Waals surface area contributed by atoms with E-state index in [1.165, 1.54) is 32.1 Å². The molecule has 0 amide bonds. The van der Waals surface area contributed by atoms with E-state index >= 15 is 0 Å². The summed E-state index contributed by atoms with van der Waals surface area (Å²) in [6, 6.07) is 0. The van der Waals surface area contributed by atoms with Crippen molar-refractivity contribution in [3.8, 4) is 0 Å². The maximum Gasteiger partial charge on any atom is -0.0144 e. The highest BCUT2D eigenvalue weighted by molar-refractivity contribution is 5.43. The van der Waals surface area contributed by atoms with E-state index in [0.29, 0.717) is 10.8 Å². The first-order chi connectivity index (χ1) is 10.9. The van der Waals surface area contributed by atoms with Crippen LogP contribution in [-0.4, -0.2) is 0 Å². The van der Waals surface area contributed by atoms with Crippen molar-refractivity contribution in [2.45, 2.75) is 87.5 Å². The third kappa shape index (κ3) is 4.52. The minimum Gasteiger partial charge on any atom is -0.0646 e. The first-order valence-electron chi connectivity index (χ1n) is 9.75. The van der Waals surface area contributed by atoms with Crippen LogP contribution in [0, 0.1) is 16.2 Å². The second kappa shape index (κ2) is 6.70. The summed E-state index contributed by atoms with van der Waals surface area (Å²) >= 11 is 0. The molecule has 0 N–H and O–H groups in total. The molecule has 0 spiro atoms. The van der Waals surface area contributed by atoms with Crippen molar-refractivity contribution in [2.75, 3.05) is 0 Å². The van der Waals surface area contributed by atoms with Gasteiger partial charge in [0.1, 0.15) is 0 Å². The zero-order valence-electron chi connectivity index (χ0n) is 17.3. The topological polar surface area (TPSA) is 0 Å². The lowest BCUT2D eigenvalue weighted by Crippen LogP contribution is -2.19. The van der Waals surface area contributed by atoms with Crippen LogP contribution < -0.4 is 0 Å². The molecule has 0 aromatic carbocycles. The molecule has 0 heteroatoms. The molecule has 0 nitrogen and oxygen atoms in total. The van der Waals surface area contributed by atoms with Crippen LogP contribution in [0.4, 0.5) is 0 Å². The van der Waals surface area contributed by atoms with Gasteiger partial charge in [-0.1, -0.05) is 90.8 Å². The van der Waals surface area contributed by atoms with E-state index in [0.717, 1.165) is 0 Å². The fraction of sp³-hybridized carbons (Fsp3) is 0.667. The summed E-state index contributed by atoms with van der Waals surface area (Å²) in [6.07, 6.45) is 15.7. The van der Waals surface area contributed by atoms with E-state index < -0.39 is 0 Å². The van der Waals surface area contributed by atoms with Crippen LogP contribution in [0.3, 0.4) is 0 Å². The molecular weight excluding hydrogens is 288 g/mol. The molecule has 0 saturated heterocycles. The van der Waals surface area contributed by atoms with Gasteiger partial charge in [-0.05, 0) is 59.5 Å². The van der Waals surface area contributed by atoms with Crippen molar-refractivity contribution >= 4 is 0 Å². The standard InChI is InChI=1S/C24H38/c1-9-24(7,8)20-13-10-18(11-14-20)19-12-15-21(22(2,3)4)17-23(5,6)16-19/h10,12-13,15H,9,11,14,16-17H2,1-8H3. The lowest BCUT2D eigenvalue weighted by atomic mass is 9.73. The summed E-state index contributed by atoms with van der Waals surface area (Å²) in [5, 5.41) is 0. The Balaban J connectivity index is 2.32. The zero-order chi connectivity index (χ0) is 18.2. The summed E-state index contributed by atoms with van der Waals surface area (Å²) in [5.41, 5.74) is 7.28. The molecule has 24 heavy (non-hydrogen) atoms.